The van der Waals surface area contributed by atoms with Crippen molar-refractivity contribution in [3.05, 3.63) is 64.1 Å². The quantitative estimate of drug-likeness (QED) is 0.393. The van der Waals surface area contributed by atoms with Crippen LogP contribution < -0.4 is 5.32 Å². The Labute approximate surface area is 205 Å². The lowest BCUT2D eigenvalue weighted by Gasteiger charge is -2.31. The lowest BCUT2D eigenvalue weighted by molar-refractivity contribution is -0.141. The van der Waals surface area contributed by atoms with Crippen molar-refractivity contribution in [2.75, 3.05) is 5.75 Å². The summed E-state index contributed by atoms with van der Waals surface area (Å²) >= 11 is 13.6. The molecule has 2 aromatic rings. The van der Waals surface area contributed by atoms with Gasteiger partial charge in [-0.05, 0) is 61.2 Å². The normalized spacial score (nSPS) is 14.8. The molecule has 1 atom stereocenters. The van der Waals surface area contributed by atoms with Crippen molar-refractivity contribution in [1.82, 2.24) is 10.2 Å². The van der Waals surface area contributed by atoms with E-state index in [9.17, 15) is 9.59 Å². The number of halogens is 2. The zero-order valence-electron chi connectivity index (χ0n) is 18.4. The van der Waals surface area contributed by atoms with Crippen molar-refractivity contribution < 1.29 is 9.59 Å². The molecule has 4 nitrogen and oxygen atoms in total. The number of hydrogen-bond acceptors (Lipinski definition) is 3. The molecule has 3 rings (SSSR count). The van der Waals surface area contributed by atoms with Gasteiger partial charge in [-0.25, -0.2) is 0 Å². The Hall–Kier alpha value is -1.69. The monoisotopic (exact) mass is 492 g/mol. The number of carbonyl (C=O) groups excluding carboxylic acids is 2. The van der Waals surface area contributed by atoms with Crippen LogP contribution in [-0.2, 0) is 16.1 Å². The molecule has 0 radical (unpaired) electrons. The van der Waals surface area contributed by atoms with E-state index in [2.05, 4.69) is 5.32 Å². The third-order valence-electron chi connectivity index (χ3n) is 5.75. The van der Waals surface area contributed by atoms with Crippen LogP contribution in [0.1, 0.15) is 51.0 Å². The molecule has 1 aliphatic rings. The summed E-state index contributed by atoms with van der Waals surface area (Å²) in [4.78, 5) is 29.2. The number of carbonyl (C=O) groups is 2. The van der Waals surface area contributed by atoms with Gasteiger partial charge in [0, 0.05) is 39.7 Å². The van der Waals surface area contributed by atoms with Gasteiger partial charge in [0.1, 0.15) is 6.04 Å². The first-order valence-electron chi connectivity index (χ1n) is 11.2. The van der Waals surface area contributed by atoms with Crippen LogP contribution in [0, 0.1) is 0 Å². The van der Waals surface area contributed by atoms with Crippen molar-refractivity contribution >= 4 is 46.8 Å². The predicted octanol–water partition coefficient (Wildman–Crippen LogP) is 6.34. The molecule has 172 valence electrons. The number of thioether (sulfide) groups is 1. The van der Waals surface area contributed by atoms with Crippen molar-refractivity contribution in [3.63, 3.8) is 0 Å². The van der Waals surface area contributed by atoms with Gasteiger partial charge in [-0.1, -0.05) is 55.1 Å². The van der Waals surface area contributed by atoms with E-state index in [1.165, 1.54) is 0 Å². The Morgan fingerprint density at radius 3 is 2.22 bits per heavy atom. The van der Waals surface area contributed by atoms with Crippen LogP contribution in [0.2, 0.25) is 10.0 Å². The fourth-order valence-electron chi connectivity index (χ4n) is 4.00. The smallest absolute Gasteiger partial charge is 0.243 e. The van der Waals surface area contributed by atoms with Crippen LogP contribution in [0.4, 0.5) is 0 Å². The third kappa shape index (κ3) is 7.43. The maximum Gasteiger partial charge on any atom is 0.243 e. The summed E-state index contributed by atoms with van der Waals surface area (Å²) in [5.41, 5.74) is 0.959. The molecule has 0 spiro atoms. The van der Waals surface area contributed by atoms with Gasteiger partial charge in [-0.15, -0.1) is 11.8 Å². The molecule has 32 heavy (non-hydrogen) atoms. The average Bonchev–Trinajstić information content (AvgIpc) is 3.29. The fourth-order valence-corrected chi connectivity index (χ4v) is 5.10. The predicted molar refractivity (Wildman–Crippen MR) is 133 cm³/mol. The minimum Gasteiger partial charge on any atom is -0.352 e. The number of amides is 2. The molecule has 2 amide bonds. The van der Waals surface area contributed by atoms with E-state index in [-0.39, 0.29) is 17.9 Å². The summed E-state index contributed by atoms with van der Waals surface area (Å²) < 4.78 is 0. The lowest BCUT2D eigenvalue weighted by Crippen LogP contribution is -2.51. The zero-order valence-corrected chi connectivity index (χ0v) is 20.7. The SMILES string of the molecule is CCC(C(=O)NC1CCCC1)N(Cc1ccc(Cl)cc1)C(=O)CCSc1ccc(Cl)cc1. The highest BCUT2D eigenvalue weighted by atomic mass is 35.5. The van der Waals surface area contributed by atoms with Crippen LogP contribution in [0.3, 0.4) is 0 Å². The van der Waals surface area contributed by atoms with E-state index >= 15 is 0 Å². The van der Waals surface area contributed by atoms with Crippen LogP contribution in [0.5, 0.6) is 0 Å². The molecule has 0 heterocycles. The Morgan fingerprint density at radius 1 is 1.03 bits per heavy atom. The first-order chi connectivity index (χ1) is 15.5. The summed E-state index contributed by atoms with van der Waals surface area (Å²) in [5.74, 6) is 0.569. The second-order valence-electron chi connectivity index (χ2n) is 8.11. The van der Waals surface area contributed by atoms with Crippen LogP contribution in [-0.4, -0.2) is 34.6 Å². The Balaban J connectivity index is 1.68. The van der Waals surface area contributed by atoms with E-state index in [1.54, 1.807) is 16.7 Å². The molecule has 7 heteroatoms. The average molecular weight is 494 g/mol. The number of nitrogens with zero attached hydrogens (tertiary/aromatic N) is 1. The Kier molecular flexibility index (Phi) is 9.76. The number of hydrogen-bond donors (Lipinski definition) is 1. The van der Waals surface area contributed by atoms with Crippen molar-refractivity contribution in [1.29, 1.82) is 0 Å². The van der Waals surface area contributed by atoms with Gasteiger partial charge in [-0.3, -0.25) is 9.59 Å². The van der Waals surface area contributed by atoms with E-state index in [1.807, 2.05) is 55.5 Å². The van der Waals surface area contributed by atoms with Gasteiger partial charge < -0.3 is 10.2 Å². The van der Waals surface area contributed by atoms with E-state index < -0.39 is 6.04 Å². The summed E-state index contributed by atoms with van der Waals surface area (Å²) in [6.45, 7) is 2.35. The fraction of sp³-hybridized carbons (Fsp3) is 0.440. The Bertz CT molecular complexity index is 884. The first-order valence-corrected chi connectivity index (χ1v) is 12.9. The van der Waals surface area contributed by atoms with Gasteiger partial charge in [0.25, 0.3) is 0 Å². The molecule has 1 unspecified atom stereocenters. The number of nitrogens with one attached hydrogen (secondary N) is 1. The molecule has 1 fully saturated rings. The van der Waals surface area contributed by atoms with Gasteiger partial charge in [-0.2, -0.15) is 0 Å². The van der Waals surface area contributed by atoms with Crippen LogP contribution in [0.25, 0.3) is 0 Å². The molecular weight excluding hydrogens is 463 g/mol. The topological polar surface area (TPSA) is 49.4 Å². The second kappa shape index (κ2) is 12.5. The summed E-state index contributed by atoms with van der Waals surface area (Å²) in [6, 6.07) is 14.8. The number of benzene rings is 2. The maximum absolute atomic E-state index is 13.3. The standard InChI is InChI=1S/C25H30Cl2N2O2S/c1-2-23(25(31)28-21-5-3-4-6-21)29(17-18-7-9-19(26)10-8-18)24(30)15-16-32-22-13-11-20(27)12-14-22/h7-14,21,23H,2-6,15-17H2,1H3,(H,28,31). The molecule has 1 aliphatic carbocycles. The zero-order chi connectivity index (χ0) is 22.9. The van der Waals surface area contributed by atoms with Gasteiger partial charge in [0.2, 0.25) is 11.8 Å². The molecule has 0 saturated heterocycles. The summed E-state index contributed by atoms with van der Waals surface area (Å²) in [7, 11) is 0. The second-order valence-corrected chi connectivity index (χ2v) is 10.2. The van der Waals surface area contributed by atoms with Crippen molar-refractivity contribution in [2.24, 2.45) is 0 Å². The third-order valence-corrected chi connectivity index (χ3v) is 7.27. The van der Waals surface area contributed by atoms with Crippen LogP contribution in [0.15, 0.2) is 53.4 Å². The van der Waals surface area contributed by atoms with Gasteiger partial charge in [0.05, 0.1) is 0 Å². The number of rotatable bonds is 10. The Morgan fingerprint density at radius 2 is 1.62 bits per heavy atom. The molecular formula is C25H30Cl2N2O2S. The molecule has 0 aromatic heterocycles. The van der Waals surface area contributed by atoms with E-state index in [0.717, 1.165) is 36.1 Å². The molecule has 0 aliphatic heterocycles. The van der Waals surface area contributed by atoms with E-state index in [4.69, 9.17) is 23.2 Å². The van der Waals surface area contributed by atoms with E-state index in [0.29, 0.717) is 35.2 Å². The highest BCUT2D eigenvalue weighted by molar-refractivity contribution is 7.99. The molecule has 1 N–H and O–H groups in total. The van der Waals surface area contributed by atoms with Crippen LogP contribution >= 0.6 is 35.0 Å². The molecule has 2 aromatic carbocycles. The highest BCUT2D eigenvalue weighted by Crippen LogP contribution is 2.23. The van der Waals surface area contributed by atoms with Gasteiger partial charge >= 0.3 is 0 Å². The lowest BCUT2D eigenvalue weighted by atomic mass is 10.1. The first kappa shape index (κ1) is 24.9. The largest absolute Gasteiger partial charge is 0.352 e. The van der Waals surface area contributed by atoms with Gasteiger partial charge in [0.15, 0.2) is 0 Å². The minimum absolute atomic E-state index is 0.0187. The molecule has 1 saturated carbocycles. The summed E-state index contributed by atoms with van der Waals surface area (Å²) in [6.07, 6.45) is 5.26. The highest BCUT2D eigenvalue weighted by Gasteiger charge is 2.30. The van der Waals surface area contributed by atoms with Crippen molar-refractivity contribution in [3.8, 4) is 0 Å². The molecule has 0 bridgehead atoms. The minimum atomic E-state index is -0.487. The maximum atomic E-state index is 13.3. The van der Waals surface area contributed by atoms with Crippen molar-refractivity contribution in [2.45, 2.75) is 69.0 Å². The summed E-state index contributed by atoms with van der Waals surface area (Å²) in [5, 5.41) is 4.52.